The summed E-state index contributed by atoms with van der Waals surface area (Å²) >= 11 is 0. The van der Waals surface area contributed by atoms with Gasteiger partial charge in [-0.1, -0.05) is 59.7 Å². The molecule has 130 valence electrons. The molecule has 1 fully saturated rings. The Hall–Kier alpha value is -3.64. The lowest BCUT2D eigenvalue weighted by Gasteiger charge is -2.29. The maximum absolute atomic E-state index is 9.99. The molecule has 5 nitrogen and oxygen atoms in total. The molecule has 1 saturated heterocycles. The van der Waals surface area contributed by atoms with Gasteiger partial charge < -0.3 is 0 Å². The third kappa shape index (κ3) is 2.46. The Balaban J connectivity index is 2.26. The van der Waals surface area contributed by atoms with E-state index in [9.17, 15) is 21.0 Å². The summed E-state index contributed by atoms with van der Waals surface area (Å²) in [6.07, 6.45) is 0. The SMILES string of the molecule is Cc1ccc(C2NC(c3ccc(C)cc3)C(C#N)(C#N)C2(C#N)C#N)cc1. The van der Waals surface area contributed by atoms with E-state index in [0.717, 1.165) is 11.1 Å². The van der Waals surface area contributed by atoms with Crippen molar-refractivity contribution >= 4 is 0 Å². The van der Waals surface area contributed by atoms with Gasteiger partial charge in [0.2, 0.25) is 0 Å². The van der Waals surface area contributed by atoms with Crippen LogP contribution < -0.4 is 5.32 Å². The number of rotatable bonds is 2. The lowest BCUT2D eigenvalue weighted by atomic mass is 9.61. The first-order chi connectivity index (χ1) is 13.0. The highest BCUT2D eigenvalue weighted by Gasteiger charge is 2.69. The second kappa shape index (κ2) is 6.59. The highest BCUT2D eigenvalue weighted by atomic mass is 15.1. The van der Waals surface area contributed by atoms with E-state index in [1.165, 1.54) is 0 Å². The van der Waals surface area contributed by atoms with E-state index in [0.29, 0.717) is 11.1 Å². The van der Waals surface area contributed by atoms with Crippen LogP contribution >= 0.6 is 0 Å². The first kappa shape index (κ1) is 18.2. The summed E-state index contributed by atoms with van der Waals surface area (Å²) in [5, 5.41) is 43.2. The number of aryl methyl sites for hydroxylation is 2. The molecule has 27 heavy (non-hydrogen) atoms. The van der Waals surface area contributed by atoms with Gasteiger partial charge in [-0.2, -0.15) is 21.0 Å². The highest BCUT2D eigenvalue weighted by Crippen LogP contribution is 2.59. The van der Waals surface area contributed by atoms with Crippen molar-refractivity contribution in [2.24, 2.45) is 10.8 Å². The van der Waals surface area contributed by atoms with Gasteiger partial charge in [0.1, 0.15) is 0 Å². The Morgan fingerprint density at radius 2 is 0.926 bits per heavy atom. The second-order valence-electron chi connectivity index (χ2n) is 6.92. The summed E-state index contributed by atoms with van der Waals surface area (Å²) in [5.41, 5.74) is -0.208. The molecule has 1 heterocycles. The maximum atomic E-state index is 9.99. The van der Waals surface area contributed by atoms with Crippen molar-refractivity contribution in [3.8, 4) is 24.3 Å². The van der Waals surface area contributed by atoms with Crippen LogP contribution in [0.15, 0.2) is 48.5 Å². The average Bonchev–Trinajstić information content (AvgIpc) is 3.00. The molecule has 1 aliphatic heterocycles. The van der Waals surface area contributed by atoms with Gasteiger partial charge in [0.25, 0.3) is 0 Å². The molecule has 0 bridgehead atoms. The van der Waals surface area contributed by atoms with E-state index in [4.69, 9.17) is 0 Å². The molecule has 5 heteroatoms. The van der Waals surface area contributed by atoms with Crippen LogP contribution in [-0.2, 0) is 0 Å². The molecule has 1 N–H and O–H groups in total. The van der Waals surface area contributed by atoms with Crippen molar-refractivity contribution in [2.45, 2.75) is 25.9 Å². The van der Waals surface area contributed by atoms with Crippen LogP contribution in [0.2, 0.25) is 0 Å². The van der Waals surface area contributed by atoms with Crippen LogP contribution in [0.1, 0.15) is 34.3 Å². The van der Waals surface area contributed by atoms with Gasteiger partial charge in [-0.15, -0.1) is 0 Å². The topological polar surface area (TPSA) is 107 Å². The van der Waals surface area contributed by atoms with Crippen molar-refractivity contribution in [3.63, 3.8) is 0 Å². The second-order valence-corrected chi connectivity index (χ2v) is 6.92. The van der Waals surface area contributed by atoms with Gasteiger partial charge in [0, 0.05) is 0 Å². The van der Waals surface area contributed by atoms with E-state index in [-0.39, 0.29) is 0 Å². The fourth-order valence-electron chi connectivity index (χ4n) is 3.74. The zero-order chi connectivity index (χ0) is 19.7. The first-order valence-corrected chi connectivity index (χ1v) is 8.52. The summed E-state index contributed by atoms with van der Waals surface area (Å²) in [5.74, 6) is 0. The molecule has 2 aromatic carbocycles. The Kier molecular flexibility index (Phi) is 4.43. The van der Waals surface area contributed by atoms with Gasteiger partial charge in [0.15, 0.2) is 10.8 Å². The van der Waals surface area contributed by atoms with Crippen molar-refractivity contribution in [1.29, 1.82) is 21.0 Å². The minimum atomic E-state index is -1.85. The summed E-state index contributed by atoms with van der Waals surface area (Å²) < 4.78 is 0. The number of hydrogen-bond donors (Lipinski definition) is 1. The molecule has 0 spiro atoms. The van der Waals surface area contributed by atoms with Crippen molar-refractivity contribution in [1.82, 2.24) is 5.32 Å². The summed E-state index contributed by atoms with van der Waals surface area (Å²) in [6, 6.07) is 21.4. The molecule has 2 unspecified atom stereocenters. The number of nitrogens with one attached hydrogen (secondary N) is 1. The van der Waals surface area contributed by atoms with Gasteiger partial charge in [0.05, 0.1) is 36.4 Å². The lowest BCUT2D eigenvalue weighted by molar-refractivity contribution is 0.311. The van der Waals surface area contributed by atoms with Crippen molar-refractivity contribution < 1.29 is 0 Å². The fraction of sp³-hybridized carbons (Fsp3) is 0.273. The molecule has 2 atom stereocenters. The lowest BCUT2D eigenvalue weighted by Crippen LogP contribution is -2.39. The largest absolute Gasteiger partial charge is 0.298 e. The van der Waals surface area contributed by atoms with Crippen molar-refractivity contribution in [3.05, 3.63) is 70.8 Å². The molecule has 2 aromatic rings. The third-order valence-corrected chi connectivity index (χ3v) is 5.35. The number of nitriles is 4. The maximum Gasteiger partial charge on any atom is 0.196 e. The van der Waals surface area contributed by atoms with Crippen LogP contribution in [-0.4, -0.2) is 0 Å². The van der Waals surface area contributed by atoms with Crippen molar-refractivity contribution in [2.75, 3.05) is 0 Å². The Bertz CT molecular complexity index is 910. The van der Waals surface area contributed by atoms with Gasteiger partial charge in [-0.3, -0.25) is 5.32 Å². The predicted molar refractivity (Wildman–Crippen MR) is 98.3 cm³/mol. The zero-order valence-electron chi connectivity index (χ0n) is 15.1. The van der Waals surface area contributed by atoms with E-state index < -0.39 is 22.9 Å². The molecule has 0 aliphatic carbocycles. The fourth-order valence-corrected chi connectivity index (χ4v) is 3.74. The molecule has 0 amide bonds. The van der Waals surface area contributed by atoms with Gasteiger partial charge >= 0.3 is 0 Å². The quantitative estimate of drug-likeness (QED) is 0.886. The van der Waals surface area contributed by atoms with Gasteiger partial charge in [-0.05, 0) is 25.0 Å². The van der Waals surface area contributed by atoms with Crippen LogP contribution in [0, 0.1) is 70.0 Å². The summed E-state index contributed by atoms with van der Waals surface area (Å²) in [6.45, 7) is 3.88. The van der Waals surface area contributed by atoms with Crippen LogP contribution in [0.5, 0.6) is 0 Å². The minimum absolute atomic E-state index is 0.702. The molecule has 0 aromatic heterocycles. The molecule has 0 radical (unpaired) electrons. The number of hydrogen-bond acceptors (Lipinski definition) is 5. The molecule has 3 rings (SSSR count). The van der Waals surface area contributed by atoms with Crippen LogP contribution in [0.4, 0.5) is 0 Å². The monoisotopic (exact) mass is 351 g/mol. The number of benzene rings is 2. The van der Waals surface area contributed by atoms with E-state index in [1.54, 1.807) is 0 Å². The molecular weight excluding hydrogens is 334 g/mol. The first-order valence-electron chi connectivity index (χ1n) is 8.52. The normalized spacial score (nSPS) is 22.0. The minimum Gasteiger partial charge on any atom is -0.298 e. The van der Waals surface area contributed by atoms with E-state index >= 15 is 0 Å². The Morgan fingerprint density at radius 3 is 1.19 bits per heavy atom. The van der Waals surface area contributed by atoms with Crippen LogP contribution in [0.25, 0.3) is 0 Å². The molecule has 0 saturated carbocycles. The zero-order valence-corrected chi connectivity index (χ0v) is 15.1. The summed E-state index contributed by atoms with van der Waals surface area (Å²) in [7, 11) is 0. The van der Waals surface area contributed by atoms with Crippen LogP contribution in [0.3, 0.4) is 0 Å². The standard InChI is InChI=1S/C22H17N5/c1-15-3-7-17(8-4-15)19-21(11-23,12-24)22(13-25,14-26)20(27-19)18-9-5-16(2)6-10-18/h3-10,19-20,27H,1-2H3. The molecule has 1 aliphatic rings. The third-order valence-electron chi connectivity index (χ3n) is 5.35. The van der Waals surface area contributed by atoms with E-state index in [1.807, 2.05) is 86.7 Å². The van der Waals surface area contributed by atoms with E-state index in [2.05, 4.69) is 5.32 Å². The average molecular weight is 351 g/mol. The smallest absolute Gasteiger partial charge is 0.196 e. The Labute approximate surface area is 158 Å². The van der Waals surface area contributed by atoms with Gasteiger partial charge in [-0.25, -0.2) is 0 Å². The Morgan fingerprint density at radius 1 is 0.630 bits per heavy atom. The number of nitrogens with zero attached hydrogens (tertiary/aromatic N) is 4. The predicted octanol–water partition coefficient (Wildman–Crippen LogP) is 3.76. The summed E-state index contributed by atoms with van der Waals surface area (Å²) in [4.78, 5) is 0. The molecular formula is C22H17N5. The highest BCUT2D eigenvalue weighted by molar-refractivity contribution is 5.49.